The molecule has 0 bridgehead atoms. The maximum Gasteiger partial charge on any atom is 0.172 e. The van der Waals surface area contributed by atoms with Crippen LogP contribution in [0.15, 0.2) is 81.4 Å². The molecule has 0 amide bonds. The van der Waals surface area contributed by atoms with Crippen molar-refractivity contribution in [1.82, 2.24) is 10.4 Å². The van der Waals surface area contributed by atoms with Crippen LogP contribution in [0.1, 0.15) is 18.2 Å². The lowest BCUT2D eigenvalue weighted by atomic mass is 10.2. The van der Waals surface area contributed by atoms with Crippen molar-refractivity contribution >= 4 is 33.7 Å². The Hall–Kier alpha value is -3.19. The van der Waals surface area contributed by atoms with E-state index < -0.39 is 0 Å². The van der Waals surface area contributed by atoms with E-state index in [-0.39, 0.29) is 5.75 Å². The molecule has 0 unspecified atom stereocenters. The number of hydrogen-bond acceptors (Lipinski definition) is 5. The number of benzene rings is 2. The highest BCUT2D eigenvalue weighted by Gasteiger charge is 2.05. The molecule has 0 fully saturated rings. The van der Waals surface area contributed by atoms with E-state index in [1.165, 1.54) is 6.21 Å². The Morgan fingerprint density at radius 3 is 2.71 bits per heavy atom. The zero-order valence-corrected chi connectivity index (χ0v) is 16.8. The molecule has 0 radical (unpaired) electrons. The fraction of sp³-hybridized carbons (Fsp3) is 0.0952. The minimum Gasteiger partial charge on any atom is -0.507 e. The van der Waals surface area contributed by atoms with E-state index in [1.54, 1.807) is 24.4 Å². The van der Waals surface area contributed by atoms with Gasteiger partial charge in [0.25, 0.3) is 0 Å². The summed E-state index contributed by atoms with van der Waals surface area (Å²) in [6.45, 7) is 2.55. The number of aromatic hydroxyl groups is 1. The van der Waals surface area contributed by atoms with Gasteiger partial charge in [-0.1, -0.05) is 22.0 Å². The van der Waals surface area contributed by atoms with Gasteiger partial charge in [0.1, 0.15) is 17.2 Å². The summed E-state index contributed by atoms with van der Waals surface area (Å²) >= 11 is 3.38. The van der Waals surface area contributed by atoms with Crippen molar-refractivity contribution in [1.29, 1.82) is 0 Å². The molecule has 0 spiro atoms. The van der Waals surface area contributed by atoms with Gasteiger partial charge in [0, 0.05) is 16.2 Å². The molecule has 0 saturated carbocycles. The van der Waals surface area contributed by atoms with Crippen LogP contribution < -0.4 is 10.2 Å². The van der Waals surface area contributed by atoms with Gasteiger partial charge >= 0.3 is 0 Å². The van der Waals surface area contributed by atoms with E-state index in [0.717, 1.165) is 15.9 Å². The number of rotatable bonds is 6. The number of ether oxygens (including phenoxy) is 1. The lowest BCUT2D eigenvalue weighted by molar-refractivity contribution is 0.340. The van der Waals surface area contributed by atoms with Crippen molar-refractivity contribution < 1.29 is 9.84 Å². The Bertz CT molecular complexity index is 973. The second-order valence-corrected chi connectivity index (χ2v) is 6.59. The van der Waals surface area contributed by atoms with Crippen LogP contribution in [-0.4, -0.2) is 28.7 Å². The standard InChI is InChI=1S/C21H19BrN4O2/c1-2-28-18-9-7-17(8-10-18)25-21(19-5-3-4-12-23-19)26-24-14-15-13-16(22)6-11-20(15)27/h3-14,27H,2H2,1H3,(H,25,26). The Morgan fingerprint density at radius 2 is 2.00 bits per heavy atom. The number of pyridine rings is 1. The lowest BCUT2D eigenvalue weighted by Gasteiger charge is -2.07. The summed E-state index contributed by atoms with van der Waals surface area (Å²) < 4.78 is 6.30. The van der Waals surface area contributed by atoms with Gasteiger partial charge in [-0.3, -0.25) is 10.4 Å². The van der Waals surface area contributed by atoms with Crippen LogP contribution in [0, 0.1) is 0 Å². The average molecular weight is 439 g/mol. The number of aromatic nitrogens is 1. The van der Waals surface area contributed by atoms with Gasteiger partial charge in [0.2, 0.25) is 0 Å². The molecule has 7 heteroatoms. The van der Waals surface area contributed by atoms with E-state index in [9.17, 15) is 5.11 Å². The Balaban J connectivity index is 1.85. The van der Waals surface area contributed by atoms with Crippen molar-refractivity contribution in [3.05, 3.63) is 82.6 Å². The molecule has 3 aromatic rings. The monoisotopic (exact) mass is 438 g/mol. The van der Waals surface area contributed by atoms with E-state index in [4.69, 9.17) is 4.74 Å². The van der Waals surface area contributed by atoms with Crippen molar-refractivity contribution in [2.45, 2.75) is 6.92 Å². The van der Waals surface area contributed by atoms with Crippen molar-refractivity contribution in [2.75, 3.05) is 6.61 Å². The summed E-state index contributed by atoms with van der Waals surface area (Å²) in [5.74, 6) is 1.41. The highest BCUT2D eigenvalue weighted by molar-refractivity contribution is 9.10. The molecule has 0 aliphatic heterocycles. The van der Waals surface area contributed by atoms with E-state index in [2.05, 4.69) is 36.4 Å². The number of halogens is 1. The van der Waals surface area contributed by atoms with Crippen molar-refractivity contribution in [3.63, 3.8) is 0 Å². The molecule has 2 N–H and O–H groups in total. The highest BCUT2D eigenvalue weighted by atomic mass is 79.9. The molecule has 0 aliphatic rings. The fourth-order valence-corrected chi connectivity index (χ4v) is 2.73. The summed E-state index contributed by atoms with van der Waals surface area (Å²) in [7, 11) is 0. The molecule has 1 heterocycles. The number of phenolic OH excluding ortho intramolecular Hbond substituents is 1. The van der Waals surface area contributed by atoms with Gasteiger partial charge in [0.15, 0.2) is 5.84 Å². The SMILES string of the molecule is CCOc1ccc(N=C(NN=Cc2cc(Br)ccc2O)c2ccccn2)cc1. The zero-order valence-electron chi connectivity index (χ0n) is 15.2. The number of hydrazone groups is 1. The number of aliphatic imine (C=N–C) groups is 1. The van der Waals surface area contributed by atoms with Gasteiger partial charge < -0.3 is 9.84 Å². The van der Waals surface area contributed by atoms with Crippen LogP contribution in [0.5, 0.6) is 11.5 Å². The first-order chi connectivity index (χ1) is 13.7. The molecule has 6 nitrogen and oxygen atoms in total. The molecule has 28 heavy (non-hydrogen) atoms. The van der Waals surface area contributed by atoms with Gasteiger partial charge in [0.05, 0.1) is 18.5 Å². The molecular weight excluding hydrogens is 420 g/mol. The summed E-state index contributed by atoms with van der Waals surface area (Å²) in [5, 5.41) is 14.1. The molecule has 142 valence electrons. The average Bonchev–Trinajstić information content (AvgIpc) is 2.72. The summed E-state index contributed by atoms with van der Waals surface area (Å²) in [4.78, 5) is 8.93. The molecule has 0 aliphatic carbocycles. The van der Waals surface area contributed by atoms with Gasteiger partial charge in [-0.05, 0) is 61.5 Å². The third-order valence-corrected chi connectivity index (χ3v) is 4.15. The van der Waals surface area contributed by atoms with Crippen LogP contribution in [0.2, 0.25) is 0 Å². The second-order valence-electron chi connectivity index (χ2n) is 5.68. The van der Waals surface area contributed by atoms with Crippen LogP contribution in [-0.2, 0) is 0 Å². The zero-order chi connectivity index (χ0) is 19.8. The minimum atomic E-state index is 0.136. The first-order valence-electron chi connectivity index (χ1n) is 8.66. The molecule has 1 aromatic heterocycles. The minimum absolute atomic E-state index is 0.136. The van der Waals surface area contributed by atoms with Crippen LogP contribution in [0.25, 0.3) is 0 Å². The Labute approximate surface area is 171 Å². The summed E-state index contributed by atoms with van der Waals surface area (Å²) in [6.07, 6.45) is 3.21. The quantitative estimate of drug-likeness (QED) is 0.333. The van der Waals surface area contributed by atoms with E-state index in [1.807, 2.05) is 49.4 Å². The first-order valence-corrected chi connectivity index (χ1v) is 9.45. The second kappa shape index (κ2) is 9.66. The Morgan fingerprint density at radius 1 is 1.18 bits per heavy atom. The maximum atomic E-state index is 9.93. The molecule has 3 rings (SSSR count). The van der Waals surface area contributed by atoms with Crippen LogP contribution >= 0.6 is 15.9 Å². The van der Waals surface area contributed by atoms with Gasteiger partial charge in [-0.15, -0.1) is 0 Å². The number of hydrogen-bond donors (Lipinski definition) is 2. The highest BCUT2D eigenvalue weighted by Crippen LogP contribution is 2.20. The largest absolute Gasteiger partial charge is 0.507 e. The normalized spacial score (nSPS) is 11.6. The number of amidine groups is 1. The molecular formula is C21H19BrN4O2. The predicted octanol–water partition coefficient (Wildman–Crippen LogP) is 4.65. The van der Waals surface area contributed by atoms with Crippen LogP contribution in [0.4, 0.5) is 5.69 Å². The first kappa shape index (κ1) is 19.6. The lowest BCUT2D eigenvalue weighted by Crippen LogP contribution is -2.20. The van der Waals surface area contributed by atoms with Crippen molar-refractivity contribution in [2.24, 2.45) is 10.1 Å². The fourth-order valence-electron chi connectivity index (χ4n) is 2.35. The van der Waals surface area contributed by atoms with E-state index >= 15 is 0 Å². The number of nitrogens with zero attached hydrogens (tertiary/aromatic N) is 3. The summed E-state index contributed by atoms with van der Waals surface area (Å²) in [5.41, 5.74) is 4.87. The maximum absolute atomic E-state index is 9.93. The smallest absolute Gasteiger partial charge is 0.172 e. The van der Waals surface area contributed by atoms with Crippen LogP contribution in [0.3, 0.4) is 0 Å². The predicted molar refractivity (Wildman–Crippen MR) is 115 cm³/mol. The Kier molecular flexibility index (Phi) is 6.75. The molecule has 2 aromatic carbocycles. The number of nitrogens with one attached hydrogen (secondary N) is 1. The van der Waals surface area contributed by atoms with Crippen molar-refractivity contribution in [3.8, 4) is 11.5 Å². The van der Waals surface area contributed by atoms with E-state index in [0.29, 0.717) is 23.7 Å². The third-order valence-electron chi connectivity index (χ3n) is 3.66. The van der Waals surface area contributed by atoms with Gasteiger partial charge in [-0.2, -0.15) is 5.10 Å². The third kappa shape index (κ3) is 5.40. The summed E-state index contributed by atoms with van der Waals surface area (Å²) in [6, 6.07) is 18.1. The molecule has 0 saturated heterocycles. The van der Waals surface area contributed by atoms with Gasteiger partial charge in [-0.25, -0.2) is 4.99 Å². The topological polar surface area (TPSA) is 79.1 Å². The molecule has 0 atom stereocenters. The number of phenols is 1.